The van der Waals surface area contributed by atoms with Crippen molar-refractivity contribution >= 4 is 45.7 Å². The van der Waals surface area contributed by atoms with Crippen molar-refractivity contribution in [2.75, 3.05) is 0 Å². The lowest BCUT2D eigenvalue weighted by atomic mass is 10.1. The molecule has 160 valence electrons. The fourth-order valence-electron chi connectivity index (χ4n) is 3.76. The third-order valence-corrected chi connectivity index (χ3v) is 6.23. The number of aromatic nitrogens is 3. The lowest BCUT2D eigenvalue weighted by molar-refractivity contribution is -0.131. The fourth-order valence-corrected chi connectivity index (χ4v) is 4.55. The average molecular weight is 451 g/mol. The molecule has 0 saturated heterocycles. The number of hydrogen-bond donors (Lipinski definition) is 2. The van der Waals surface area contributed by atoms with Gasteiger partial charge in [0.05, 0.1) is 22.7 Å². The molecule has 0 aliphatic heterocycles. The van der Waals surface area contributed by atoms with Gasteiger partial charge in [-0.05, 0) is 53.7 Å². The number of fused-ring (bicyclic) bond motifs is 2. The summed E-state index contributed by atoms with van der Waals surface area (Å²) in [7, 11) is 0. The van der Waals surface area contributed by atoms with Crippen LogP contribution in [0.5, 0.6) is 0 Å². The zero-order valence-electron chi connectivity index (χ0n) is 17.4. The van der Waals surface area contributed by atoms with Crippen molar-refractivity contribution in [3.8, 4) is 6.07 Å². The standard InChI is InChI=1S/C26H18N4O2S/c27-14-17-9-11-18(12-10-17)15-30-16-19(20-5-1-4-8-23(20)30)13-24(25(31)32)33-26-28-21-6-2-3-7-22(21)29-26/h1-13,16H,15H2,(H,28,29)(H,31,32)/b24-13-. The Morgan fingerprint density at radius 1 is 1.09 bits per heavy atom. The quantitative estimate of drug-likeness (QED) is 0.257. The van der Waals surface area contributed by atoms with Gasteiger partial charge in [-0.1, -0.05) is 42.5 Å². The van der Waals surface area contributed by atoms with Crippen LogP contribution in [0, 0.1) is 11.3 Å². The summed E-state index contributed by atoms with van der Waals surface area (Å²) in [5.74, 6) is -1.01. The van der Waals surface area contributed by atoms with Crippen molar-refractivity contribution < 1.29 is 9.90 Å². The predicted octanol–water partition coefficient (Wildman–Crippen LogP) is 5.66. The molecule has 0 aliphatic rings. The van der Waals surface area contributed by atoms with Gasteiger partial charge in [-0.3, -0.25) is 0 Å². The molecular weight excluding hydrogens is 432 g/mol. The number of aromatic amines is 1. The smallest absolute Gasteiger partial charge is 0.342 e. The van der Waals surface area contributed by atoms with Gasteiger partial charge >= 0.3 is 5.97 Å². The molecule has 2 aromatic heterocycles. The SMILES string of the molecule is N#Cc1ccc(Cn2cc(/C=C(\Sc3nc4ccccc4[nH]3)C(=O)O)c3ccccc32)cc1. The highest BCUT2D eigenvalue weighted by Crippen LogP contribution is 2.31. The number of nitriles is 1. The van der Waals surface area contributed by atoms with Gasteiger partial charge in [-0.15, -0.1) is 0 Å². The maximum absolute atomic E-state index is 12.1. The zero-order chi connectivity index (χ0) is 22.8. The molecule has 6 nitrogen and oxygen atoms in total. The molecule has 0 aliphatic carbocycles. The maximum atomic E-state index is 12.1. The highest BCUT2D eigenvalue weighted by Gasteiger charge is 2.15. The molecule has 3 aromatic carbocycles. The molecule has 0 fully saturated rings. The number of carboxylic acids is 1. The number of para-hydroxylation sites is 3. The van der Waals surface area contributed by atoms with Crippen LogP contribution in [-0.4, -0.2) is 25.6 Å². The van der Waals surface area contributed by atoms with Crippen molar-refractivity contribution in [3.05, 3.63) is 101 Å². The number of aliphatic carboxylic acids is 1. The van der Waals surface area contributed by atoms with Crippen LogP contribution in [-0.2, 0) is 11.3 Å². The summed E-state index contributed by atoms with van der Waals surface area (Å²) in [6.07, 6.45) is 3.66. The van der Waals surface area contributed by atoms with Gasteiger partial charge in [-0.2, -0.15) is 5.26 Å². The van der Waals surface area contributed by atoms with Crippen molar-refractivity contribution in [1.82, 2.24) is 14.5 Å². The van der Waals surface area contributed by atoms with Crippen LogP contribution in [0.1, 0.15) is 16.7 Å². The van der Waals surface area contributed by atoms with E-state index in [0.717, 1.165) is 44.8 Å². The molecule has 0 amide bonds. The molecular formula is C26H18N4O2S. The highest BCUT2D eigenvalue weighted by molar-refractivity contribution is 8.04. The van der Waals surface area contributed by atoms with Crippen LogP contribution < -0.4 is 0 Å². The first kappa shape index (κ1) is 20.6. The zero-order valence-corrected chi connectivity index (χ0v) is 18.2. The predicted molar refractivity (Wildman–Crippen MR) is 130 cm³/mol. The molecule has 33 heavy (non-hydrogen) atoms. The van der Waals surface area contributed by atoms with Crippen molar-refractivity contribution in [2.45, 2.75) is 11.7 Å². The first-order chi connectivity index (χ1) is 16.1. The molecule has 0 unspecified atom stereocenters. The minimum Gasteiger partial charge on any atom is -0.477 e. The van der Waals surface area contributed by atoms with Gasteiger partial charge in [0, 0.05) is 29.2 Å². The molecule has 0 atom stereocenters. The van der Waals surface area contributed by atoms with Crippen LogP contribution in [0.3, 0.4) is 0 Å². The van der Waals surface area contributed by atoms with Gasteiger partial charge in [0.15, 0.2) is 5.16 Å². The van der Waals surface area contributed by atoms with E-state index in [1.807, 2.05) is 66.9 Å². The minimum absolute atomic E-state index is 0.176. The van der Waals surface area contributed by atoms with E-state index >= 15 is 0 Å². The number of nitrogens with one attached hydrogen (secondary N) is 1. The third kappa shape index (κ3) is 4.25. The largest absolute Gasteiger partial charge is 0.477 e. The molecule has 0 radical (unpaired) electrons. The Bertz CT molecular complexity index is 1520. The molecule has 0 bridgehead atoms. The molecule has 0 saturated carbocycles. The summed E-state index contributed by atoms with van der Waals surface area (Å²) in [4.78, 5) is 19.9. The van der Waals surface area contributed by atoms with Gasteiger partial charge in [0.2, 0.25) is 0 Å². The minimum atomic E-state index is -1.01. The summed E-state index contributed by atoms with van der Waals surface area (Å²) in [5, 5.41) is 20.4. The van der Waals surface area contributed by atoms with Crippen molar-refractivity contribution in [1.29, 1.82) is 5.26 Å². The number of nitrogens with zero attached hydrogens (tertiary/aromatic N) is 3. The van der Waals surface area contributed by atoms with E-state index in [9.17, 15) is 9.90 Å². The second-order valence-electron chi connectivity index (χ2n) is 7.51. The maximum Gasteiger partial charge on any atom is 0.342 e. The third-order valence-electron chi connectivity index (χ3n) is 5.33. The second kappa shape index (κ2) is 8.69. The Morgan fingerprint density at radius 3 is 2.61 bits per heavy atom. The number of carboxylic acid groups (broad SMARTS) is 1. The summed E-state index contributed by atoms with van der Waals surface area (Å²) in [5.41, 5.74) is 5.16. The summed E-state index contributed by atoms with van der Waals surface area (Å²) >= 11 is 1.10. The van der Waals surface area contributed by atoms with Crippen LogP contribution in [0.2, 0.25) is 0 Å². The Morgan fingerprint density at radius 2 is 1.85 bits per heavy atom. The first-order valence-corrected chi connectivity index (χ1v) is 11.1. The monoisotopic (exact) mass is 450 g/mol. The molecule has 2 heterocycles. The highest BCUT2D eigenvalue weighted by atomic mass is 32.2. The van der Waals surface area contributed by atoms with E-state index < -0.39 is 5.97 Å². The molecule has 0 spiro atoms. The Balaban J connectivity index is 1.51. The number of H-pyrrole nitrogens is 1. The van der Waals surface area contributed by atoms with Crippen LogP contribution >= 0.6 is 11.8 Å². The van der Waals surface area contributed by atoms with E-state index in [0.29, 0.717) is 17.3 Å². The molecule has 2 N–H and O–H groups in total. The number of carbonyl (C=O) groups is 1. The van der Waals surface area contributed by atoms with Gasteiger partial charge < -0.3 is 14.7 Å². The van der Waals surface area contributed by atoms with Crippen molar-refractivity contribution in [3.63, 3.8) is 0 Å². The molecule has 5 rings (SSSR count). The van der Waals surface area contributed by atoms with E-state index in [4.69, 9.17) is 5.26 Å². The van der Waals surface area contributed by atoms with Crippen LogP contribution in [0.25, 0.3) is 28.0 Å². The van der Waals surface area contributed by atoms with Gasteiger partial charge in [0.25, 0.3) is 0 Å². The first-order valence-electron chi connectivity index (χ1n) is 10.3. The van der Waals surface area contributed by atoms with E-state index in [1.54, 1.807) is 18.2 Å². The number of imidazole rings is 1. The lowest BCUT2D eigenvalue weighted by Gasteiger charge is -2.05. The lowest BCUT2D eigenvalue weighted by Crippen LogP contribution is -1.98. The van der Waals surface area contributed by atoms with Crippen molar-refractivity contribution in [2.24, 2.45) is 0 Å². The van der Waals surface area contributed by atoms with Crippen LogP contribution in [0.4, 0.5) is 0 Å². The number of hydrogen-bond acceptors (Lipinski definition) is 4. The summed E-state index contributed by atoms with van der Waals surface area (Å²) in [6, 6.07) is 25.1. The number of thioether (sulfide) groups is 1. The van der Waals surface area contributed by atoms with E-state index in [-0.39, 0.29) is 4.91 Å². The Labute approximate surface area is 193 Å². The number of rotatable bonds is 6. The molecule has 7 heteroatoms. The molecule has 5 aromatic rings. The average Bonchev–Trinajstić information content (AvgIpc) is 3.40. The fraction of sp³-hybridized carbons (Fsp3) is 0.0385. The Hall–Kier alpha value is -4.28. The van der Waals surface area contributed by atoms with E-state index in [1.165, 1.54) is 0 Å². The second-order valence-corrected chi connectivity index (χ2v) is 8.54. The normalized spacial score (nSPS) is 11.7. The topological polar surface area (TPSA) is 94.7 Å². The van der Waals surface area contributed by atoms with E-state index in [2.05, 4.69) is 20.6 Å². The summed E-state index contributed by atoms with van der Waals surface area (Å²) < 4.78 is 2.09. The summed E-state index contributed by atoms with van der Waals surface area (Å²) in [6.45, 7) is 0.610. The van der Waals surface area contributed by atoms with Crippen LogP contribution in [0.15, 0.2) is 89.1 Å². The van der Waals surface area contributed by atoms with Gasteiger partial charge in [0.1, 0.15) is 4.91 Å². The van der Waals surface area contributed by atoms with Gasteiger partial charge in [-0.25, -0.2) is 9.78 Å². The number of benzene rings is 3. The Kier molecular flexibility index (Phi) is 5.43.